The van der Waals surface area contributed by atoms with Crippen molar-refractivity contribution in [1.82, 2.24) is 4.72 Å². The van der Waals surface area contributed by atoms with Crippen molar-refractivity contribution in [3.8, 4) is 5.75 Å². The molecular formula is C12H15NO5S. The summed E-state index contributed by atoms with van der Waals surface area (Å²) < 4.78 is 31.4. The monoisotopic (exact) mass is 285 g/mol. The highest BCUT2D eigenvalue weighted by atomic mass is 32.2. The van der Waals surface area contributed by atoms with E-state index in [1.807, 2.05) is 0 Å². The van der Waals surface area contributed by atoms with Gasteiger partial charge in [0.25, 0.3) is 0 Å². The lowest BCUT2D eigenvalue weighted by atomic mass is 10.2. The van der Waals surface area contributed by atoms with Gasteiger partial charge in [0.1, 0.15) is 10.6 Å². The lowest BCUT2D eigenvalue weighted by molar-refractivity contribution is 0.0696. The van der Waals surface area contributed by atoms with Crippen LogP contribution < -0.4 is 9.46 Å². The summed E-state index contributed by atoms with van der Waals surface area (Å²) in [7, 11) is -2.50. The summed E-state index contributed by atoms with van der Waals surface area (Å²) in [6.45, 7) is 3.67. The molecule has 0 aliphatic heterocycles. The lowest BCUT2D eigenvalue weighted by Gasteiger charge is -2.11. The topological polar surface area (TPSA) is 92.7 Å². The van der Waals surface area contributed by atoms with Crippen LogP contribution in [0.1, 0.15) is 16.8 Å². The number of sulfonamides is 1. The van der Waals surface area contributed by atoms with E-state index < -0.39 is 16.0 Å². The quantitative estimate of drug-likeness (QED) is 0.581. The van der Waals surface area contributed by atoms with Crippen molar-refractivity contribution in [3.05, 3.63) is 36.4 Å². The van der Waals surface area contributed by atoms with Crippen LogP contribution in [-0.2, 0) is 10.0 Å². The van der Waals surface area contributed by atoms with Gasteiger partial charge in [0.05, 0.1) is 12.7 Å². The van der Waals surface area contributed by atoms with Gasteiger partial charge in [-0.3, -0.25) is 0 Å². The summed E-state index contributed by atoms with van der Waals surface area (Å²) in [5, 5.41) is 8.88. The molecule has 0 aliphatic rings. The van der Waals surface area contributed by atoms with Crippen LogP contribution in [0, 0.1) is 0 Å². The molecule has 0 heterocycles. The van der Waals surface area contributed by atoms with E-state index in [9.17, 15) is 13.2 Å². The highest BCUT2D eigenvalue weighted by molar-refractivity contribution is 7.89. The van der Waals surface area contributed by atoms with Gasteiger partial charge < -0.3 is 9.84 Å². The van der Waals surface area contributed by atoms with E-state index in [1.54, 1.807) is 6.08 Å². The number of nitrogens with one attached hydrogen (secondary N) is 1. The number of aromatic carboxylic acids is 1. The Labute approximate surface area is 111 Å². The summed E-state index contributed by atoms with van der Waals surface area (Å²) in [6, 6.07) is 3.66. The predicted molar refractivity (Wildman–Crippen MR) is 70.0 cm³/mol. The number of rotatable bonds is 7. The third kappa shape index (κ3) is 3.80. The first-order valence-corrected chi connectivity index (χ1v) is 6.92. The molecule has 1 aromatic rings. The average molecular weight is 285 g/mol. The number of carbonyl (C=O) groups is 1. The molecule has 0 saturated carbocycles. The molecule has 104 valence electrons. The molecule has 0 aromatic heterocycles. The minimum Gasteiger partial charge on any atom is -0.495 e. The minimum atomic E-state index is -3.82. The summed E-state index contributed by atoms with van der Waals surface area (Å²) in [4.78, 5) is 10.7. The third-order valence-electron chi connectivity index (χ3n) is 2.34. The highest BCUT2D eigenvalue weighted by Crippen LogP contribution is 2.24. The van der Waals surface area contributed by atoms with E-state index in [1.165, 1.54) is 19.2 Å². The molecule has 0 fully saturated rings. The minimum absolute atomic E-state index is 0.0936. The molecule has 0 atom stereocenters. The molecule has 1 aromatic carbocycles. The Bertz CT molecular complexity index is 580. The molecule has 0 aliphatic carbocycles. The van der Waals surface area contributed by atoms with Gasteiger partial charge in [0, 0.05) is 6.54 Å². The van der Waals surface area contributed by atoms with Gasteiger partial charge in [-0.2, -0.15) is 0 Å². The molecule has 0 radical (unpaired) electrons. The van der Waals surface area contributed by atoms with Crippen molar-refractivity contribution in [2.75, 3.05) is 13.7 Å². The maximum absolute atomic E-state index is 12.0. The lowest BCUT2D eigenvalue weighted by Crippen LogP contribution is -2.25. The first kappa shape index (κ1) is 15.2. The van der Waals surface area contributed by atoms with Gasteiger partial charge in [-0.15, -0.1) is 6.58 Å². The third-order valence-corrected chi connectivity index (χ3v) is 3.82. The summed E-state index contributed by atoms with van der Waals surface area (Å²) in [5.41, 5.74) is -0.120. The Morgan fingerprint density at radius 2 is 2.21 bits per heavy atom. The van der Waals surface area contributed by atoms with Crippen LogP contribution in [-0.4, -0.2) is 33.1 Å². The van der Waals surface area contributed by atoms with Gasteiger partial charge in [-0.1, -0.05) is 6.08 Å². The van der Waals surface area contributed by atoms with Crippen LogP contribution in [0.15, 0.2) is 35.7 Å². The van der Waals surface area contributed by atoms with Gasteiger partial charge >= 0.3 is 5.97 Å². The maximum atomic E-state index is 12.0. The molecular weight excluding hydrogens is 270 g/mol. The Morgan fingerprint density at radius 3 is 2.74 bits per heavy atom. The Kier molecular flexibility index (Phi) is 5.08. The second kappa shape index (κ2) is 6.35. The molecule has 7 heteroatoms. The summed E-state index contributed by atoms with van der Waals surface area (Å²) >= 11 is 0. The highest BCUT2D eigenvalue weighted by Gasteiger charge is 2.20. The molecule has 0 unspecified atom stereocenters. The summed E-state index contributed by atoms with van der Waals surface area (Å²) in [6.07, 6.45) is 2.05. The van der Waals surface area contributed by atoms with Gasteiger partial charge in [-0.05, 0) is 24.6 Å². The molecule has 0 bridgehead atoms. The number of benzene rings is 1. The zero-order valence-electron chi connectivity index (χ0n) is 10.4. The van der Waals surface area contributed by atoms with Crippen molar-refractivity contribution in [1.29, 1.82) is 0 Å². The van der Waals surface area contributed by atoms with Crippen LogP contribution in [0.5, 0.6) is 5.75 Å². The number of methoxy groups -OCH3 is 1. The largest absolute Gasteiger partial charge is 0.495 e. The number of ether oxygens (including phenoxy) is 1. The molecule has 2 N–H and O–H groups in total. The Hall–Kier alpha value is -1.86. The number of carboxylic acids is 1. The SMILES string of the molecule is C=CCCNS(=O)(=O)c1cc(C(=O)O)ccc1OC. The summed E-state index contributed by atoms with van der Waals surface area (Å²) in [5.74, 6) is -1.11. The van der Waals surface area contributed by atoms with Crippen LogP contribution in [0.3, 0.4) is 0 Å². The molecule has 0 spiro atoms. The van der Waals surface area contributed by atoms with Crippen LogP contribution in [0.4, 0.5) is 0 Å². The fraction of sp³-hybridized carbons (Fsp3) is 0.250. The van der Waals surface area contributed by atoms with Gasteiger partial charge in [-0.25, -0.2) is 17.9 Å². The molecule has 6 nitrogen and oxygen atoms in total. The van der Waals surface area contributed by atoms with Crippen LogP contribution in [0.2, 0.25) is 0 Å². The van der Waals surface area contributed by atoms with E-state index in [2.05, 4.69) is 11.3 Å². The fourth-order valence-electron chi connectivity index (χ4n) is 1.39. The molecule has 1 rings (SSSR count). The van der Waals surface area contributed by atoms with E-state index in [0.717, 1.165) is 6.07 Å². The number of carboxylic acid groups (broad SMARTS) is 1. The second-order valence-corrected chi connectivity index (χ2v) is 5.38. The standard InChI is InChI=1S/C12H15NO5S/c1-3-4-7-13-19(16,17)11-8-9(12(14)15)5-6-10(11)18-2/h3,5-6,8,13H,1,4,7H2,2H3,(H,14,15). The van der Waals surface area contributed by atoms with Crippen molar-refractivity contribution in [3.63, 3.8) is 0 Å². The fourth-order valence-corrected chi connectivity index (χ4v) is 2.63. The predicted octanol–water partition coefficient (Wildman–Crippen LogP) is 1.25. The smallest absolute Gasteiger partial charge is 0.335 e. The van der Waals surface area contributed by atoms with E-state index >= 15 is 0 Å². The van der Waals surface area contributed by atoms with Crippen LogP contribution in [0.25, 0.3) is 0 Å². The zero-order valence-corrected chi connectivity index (χ0v) is 11.2. The van der Waals surface area contributed by atoms with Gasteiger partial charge in [0.2, 0.25) is 10.0 Å². The number of hydrogen-bond acceptors (Lipinski definition) is 4. The van der Waals surface area contributed by atoms with E-state index in [-0.39, 0.29) is 22.8 Å². The zero-order chi connectivity index (χ0) is 14.5. The molecule has 0 saturated heterocycles. The van der Waals surface area contributed by atoms with Crippen molar-refractivity contribution < 1.29 is 23.1 Å². The molecule has 0 amide bonds. The first-order valence-electron chi connectivity index (χ1n) is 5.44. The van der Waals surface area contributed by atoms with Crippen molar-refractivity contribution in [2.45, 2.75) is 11.3 Å². The number of hydrogen-bond donors (Lipinski definition) is 2. The van der Waals surface area contributed by atoms with E-state index in [4.69, 9.17) is 9.84 Å². The molecule has 19 heavy (non-hydrogen) atoms. The normalized spacial score (nSPS) is 11.0. The average Bonchev–Trinajstić information content (AvgIpc) is 2.38. The first-order chi connectivity index (χ1) is 8.92. The second-order valence-electron chi connectivity index (χ2n) is 3.65. The van der Waals surface area contributed by atoms with Crippen molar-refractivity contribution >= 4 is 16.0 Å². The maximum Gasteiger partial charge on any atom is 0.335 e. The van der Waals surface area contributed by atoms with Crippen LogP contribution >= 0.6 is 0 Å². The Balaban J connectivity index is 3.18. The Morgan fingerprint density at radius 1 is 1.53 bits per heavy atom. The van der Waals surface area contributed by atoms with Crippen molar-refractivity contribution in [2.24, 2.45) is 0 Å². The van der Waals surface area contributed by atoms with Gasteiger partial charge in [0.15, 0.2) is 0 Å². The van der Waals surface area contributed by atoms with E-state index in [0.29, 0.717) is 6.42 Å².